The lowest BCUT2D eigenvalue weighted by Crippen LogP contribution is -2.11. The largest absolute Gasteiger partial charge is 0.0654 e. The van der Waals surface area contributed by atoms with E-state index in [0.29, 0.717) is 11.8 Å². The molecular weight excluding hydrogens is 240 g/mol. The summed E-state index contributed by atoms with van der Waals surface area (Å²) < 4.78 is 0. The van der Waals surface area contributed by atoms with Gasteiger partial charge in [0, 0.05) is 5.92 Å². The van der Waals surface area contributed by atoms with Crippen molar-refractivity contribution in [1.29, 1.82) is 0 Å². The van der Waals surface area contributed by atoms with Crippen molar-refractivity contribution < 1.29 is 0 Å². The second-order valence-electron chi connectivity index (χ2n) is 5.77. The Morgan fingerprint density at radius 1 is 0.750 bits per heavy atom. The van der Waals surface area contributed by atoms with E-state index >= 15 is 0 Å². The van der Waals surface area contributed by atoms with Crippen molar-refractivity contribution in [3.05, 3.63) is 71.8 Å². The lowest BCUT2D eigenvalue weighted by atomic mass is 9.79. The summed E-state index contributed by atoms with van der Waals surface area (Å²) in [4.78, 5) is 0. The monoisotopic (exact) mass is 266 g/mol. The fourth-order valence-corrected chi connectivity index (χ4v) is 3.05. The molecule has 2 rings (SSSR count). The van der Waals surface area contributed by atoms with E-state index in [0.717, 1.165) is 0 Å². The van der Waals surface area contributed by atoms with Crippen LogP contribution >= 0.6 is 0 Å². The molecule has 20 heavy (non-hydrogen) atoms. The highest BCUT2D eigenvalue weighted by Gasteiger charge is 2.20. The van der Waals surface area contributed by atoms with E-state index in [2.05, 4.69) is 74.5 Å². The number of hydrogen-bond acceptors (Lipinski definition) is 0. The quantitative estimate of drug-likeness (QED) is 0.536. The van der Waals surface area contributed by atoms with E-state index in [4.69, 9.17) is 0 Å². The van der Waals surface area contributed by atoms with Crippen LogP contribution in [0.5, 0.6) is 0 Å². The summed E-state index contributed by atoms with van der Waals surface area (Å²) in [5.41, 5.74) is 2.89. The van der Waals surface area contributed by atoms with E-state index in [1.807, 2.05) is 0 Å². The predicted molar refractivity (Wildman–Crippen MR) is 88.0 cm³/mol. The van der Waals surface area contributed by atoms with E-state index in [1.54, 1.807) is 0 Å². The van der Waals surface area contributed by atoms with Gasteiger partial charge in [0.1, 0.15) is 0 Å². The molecule has 0 aliphatic carbocycles. The third-order valence-corrected chi connectivity index (χ3v) is 4.15. The first-order valence-corrected chi connectivity index (χ1v) is 7.92. The van der Waals surface area contributed by atoms with Crippen molar-refractivity contribution >= 4 is 0 Å². The van der Waals surface area contributed by atoms with Crippen LogP contribution in [0.25, 0.3) is 0 Å². The van der Waals surface area contributed by atoms with Gasteiger partial charge in [0.05, 0.1) is 0 Å². The first kappa shape index (κ1) is 14.8. The standard InChI is InChI=1S/C20H26/c1-3-4-7-12-17(2)20(18-13-8-5-9-14-18)19-15-10-6-11-16-19/h5-6,8-11,13-17,20H,3-4,7,12H2,1-2H3. The average Bonchev–Trinajstić information content (AvgIpc) is 2.50. The van der Waals surface area contributed by atoms with Crippen LogP contribution in [-0.2, 0) is 0 Å². The molecule has 2 aromatic rings. The topological polar surface area (TPSA) is 0 Å². The van der Waals surface area contributed by atoms with Crippen LogP contribution in [0.15, 0.2) is 60.7 Å². The predicted octanol–water partition coefficient (Wildman–Crippen LogP) is 6.03. The van der Waals surface area contributed by atoms with Crippen molar-refractivity contribution in [3.8, 4) is 0 Å². The summed E-state index contributed by atoms with van der Waals surface area (Å²) >= 11 is 0. The van der Waals surface area contributed by atoms with E-state index in [1.165, 1.54) is 36.8 Å². The number of hydrogen-bond donors (Lipinski definition) is 0. The first-order chi connectivity index (χ1) is 9.83. The molecule has 1 unspecified atom stereocenters. The van der Waals surface area contributed by atoms with Gasteiger partial charge >= 0.3 is 0 Å². The molecular formula is C20H26. The third-order valence-electron chi connectivity index (χ3n) is 4.15. The molecule has 0 nitrogen and oxygen atoms in total. The van der Waals surface area contributed by atoms with Gasteiger partial charge < -0.3 is 0 Å². The Bertz CT molecular complexity index is 432. The lowest BCUT2D eigenvalue weighted by molar-refractivity contribution is 0.448. The first-order valence-electron chi connectivity index (χ1n) is 7.92. The third kappa shape index (κ3) is 3.96. The minimum absolute atomic E-state index is 0.522. The number of benzene rings is 2. The molecule has 0 heteroatoms. The van der Waals surface area contributed by atoms with Gasteiger partial charge in [0.15, 0.2) is 0 Å². The van der Waals surface area contributed by atoms with Gasteiger partial charge in [-0.3, -0.25) is 0 Å². The maximum atomic E-state index is 2.40. The fourth-order valence-electron chi connectivity index (χ4n) is 3.05. The SMILES string of the molecule is CCCCCC(C)C(c1ccccc1)c1ccccc1. The smallest absolute Gasteiger partial charge is 0.0115 e. The van der Waals surface area contributed by atoms with E-state index in [9.17, 15) is 0 Å². The average molecular weight is 266 g/mol. The Morgan fingerprint density at radius 3 is 1.70 bits per heavy atom. The van der Waals surface area contributed by atoms with Crippen molar-refractivity contribution in [1.82, 2.24) is 0 Å². The van der Waals surface area contributed by atoms with Crippen LogP contribution in [0.4, 0.5) is 0 Å². The highest BCUT2D eigenvalue weighted by atomic mass is 14.2. The number of unbranched alkanes of at least 4 members (excludes halogenated alkanes) is 2. The molecule has 1 atom stereocenters. The molecule has 0 amide bonds. The molecule has 106 valence electrons. The van der Waals surface area contributed by atoms with Crippen LogP contribution < -0.4 is 0 Å². The summed E-state index contributed by atoms with van der Waals surface area (Å²) in [6, 6.07) is 21.9. The Labute approximate surface area is 123 Å². The highest BCUT2D eigenvalue weighted by molar-refractivity contribution is 5.33. The fraction of sp³-hybridized carbons (Fsp3) is 0.400. The molecule has 0 bridgehead atoms. The lowest BCUT2D eigenvalue weighted by Gasteiger charge is -2.25. The van der Waals surface area contributed by atoms with Crippen molar-refractivity contribution in [2.75, 3.05) is 0 Å². The summed E-state index contributed by atoms with van der Waals surface area (Å²) in [6.45, 7) is 4.68. The van der Waals surface area contributed by atoms with Gasteiger partial charge in [-0.05, 0) is 23.5 Å². The highest BCUT2D eigenvalue weighted by Crippen LogP contribution is 2.34. The van der Waals surface area contributed by atoms with Gasteiger partial charge in [-0.2, -0.15) is 0 Å². The second kappa shape index (κ2) is 7.89. The van der Waals surface area contributed by atoms with Gasteiger partial charge in [-0.1, -0.05) is 93.8 Å². The zero-order valence-corrected chi connectivity index (χ0v) is 12.8. The molecule has 0 spiro atoms. The van der Waals surface area contributed by atoms with Gasteiger partial charge in [-0.15, -0.1) is 0 Å². The van der Waals surface area contributed by atoms with Crippen LogP contribution in [0.3, 0.4) is 0 Å². The Morgan fingerprint density at radius 2 is 1.25 bits per heavy atom. The minimum atomic E-state index is 0.522. The molecule has 0 aliphatic heterocycles. The van der Waals surface area contributed by atoms with E-state index in [-0.39, 0.29) is 0 Å². The molecule has 0 aliphatic rings. The van der Waals surface area contributed by atoms with Crippen molar-refractivity contribution in [3.63, 3.8) is 0 Å². The zero-order valence-electron chi connectivity index (χ0n) is 12.8. The molecule has 0 N–H and O–H groups in total. The second-order valence-corrected chi connectivity index (χ2v) is 5.77. The summed E-state index contributed by atoms with van der Waals surface area (Å²) in [5.74, 6) is 1.21. The molecule has 2 aromatic carbocycles. The van der Waals surface area contributed by atoms with Gasteiger partial charge in [0.25, 0.3) is 0 Å². The maximum absolute atomic E-state index is 2.40. The number of rotatable bonds is 7. The van der Waals surface area contributed by atoms with Crippen LogP contribution in [-0.4, -0.2) is 0 Å². The molecule has 0 saturated heterocycles. The van der Waals surface area contributed by atoms with Crippen molar-refractivity contribution in [2.45, 2.75) is 45.4 Å². The molecule has 0 aromatic heterocycles. The zero-order chi connectivity index (χ0) is 14.2. The van der Waals surface area contributed by atoms with Gasteiger partial charge in [-0.25, -0.2) is 0 Å². The minimum Gasteiger partial charge on any atom is -0.0654 e. The normalized spacial score (nSPS) is 12.6. The maximum Gasteiger partial charge on any atom is 0.0115 e. The molecule has 0 fully saturated rings. The Hall–Kier alpha value is -1.56. The van der Waals surface area contributed by atoms with Crippen LogP contribution in [0.1, 0.15) is 56.6 Å². The Balaban J connectivity index is 2.21. The van der Waals surface area contributed by atoms with E-state index < -0.39 is 0 Å². The summed E-state index contributed by atoms with van der Waals surface area (Å²) in [7, 11) is 0. The summed E-state index contributed by atoms with van der Waals surface area (Å²) in [6.07, 6.45) is 5.30. The van der Waals surface area contributed by atoms with Crippen LogP contribution in [0.2, 0.25) is 0 Å². The molecule has 0 radical (unpaired) electrons. The van der Waals surface area contributed by atoms with Crippen LogP contribution in [0, 0.1) is 5.92 Å². The molecule has 0 saturated carbocycles. The Kier molecular flexibility index (Phi) is 5.86. The summed E-state index contributed by atoms with van der Waals surface area (Å²) in [5, 5.41) is 0. The van der Waals surface area contributed by atoms with Gasteiger partial charge in [0.2, 0.25) is 0 Å². The van der Waals surface area contributed by atoms with Crippen molar-refractivity contribution in [2.24, 2.45) is 5.92 Å². The molecule has 0 heterocycles.